The lowest BCUT2D eigenvalue weighted by molar-refractivity contribution is -0.114. The summed E-state index contributed by atoms with van der Waals surface area (Å²) in [4.78, 5) is 11.1. The molecule has 0 radical (unpaired) electrons. The Bertz CT molecular complexity index is 458. The molecule has 1 aromatic carbocycles. The van der Waals surface area contributed by atoms with Crippen LogP contribution < -0.4 is 10.6 Å². The molecular formula is C16H24N2O2. The van der Waals surface area contributed by atoms with Gasteiger partial charge < -0.3 is 15.4 Å². The molecule has 2 rings (SSSR count). The largest absolute Gasteiger partial charge is 0.383 e. The minimum absolute atomic E-state index is 0.0435. The molecule has 110 valence electrons. The average molecular weight is 276 g/mol. The quantitative estimate of drug-likeness (QED) is 0.805. The number of carbonyl (C=O) groups is 1. The van der Waals surface area contributed by atoms with Crippen LogP contribution >= 0.6 is 0 Å². The van der Waals surface area contributed by atoms with E-state index in [0.717, 1.165) is 18.2 Å². The molecule has 2 atom stereocenters. The highest BCUT2D eigenvalue weighted by molar-refractivity contribution is 5.88. The van der Waals surface area contributed by atoms with Crippen molar-refractivity contribution in [1.82, 2.24) is 5.32 Å². The Kier molecular flexibility index (Phi) is 5.15. The first kappa shape index (κ1) is 15.0. The van der Waals surface area contributed by atoms with Crippen molar-refractivity contribution in [2.75, 3.05) is 19.0 Å². The van der Waals surface area contributed by atoms with Gasteiger partial charge in [-0.05, 0) is 43.4 Å². The Hall–Kier alpha value is -1.39. The highest BCUT2D eigenvalue weighted by atomic mass is 16.5. The topological polar surface area (TPSA) is 50.4 Å². The van der Waals surface area contributed by atoms with Gasteiger partial charge in [-0.1, -0.05) is 12.1 Å². The molecular weight excluding hydrogens is 252 g/mol. The third-order valence-electron chi connectivity index (χ3n) is 3.71. The van der Waals surface area contributed by atoms with Crippen LogP contribution in [0.3, 0.4) is 0 Å². The van der Waals surface area contributed by atoms with Gasteiger partial charge in [0.05, 0.1) is 6.61 Å². The van der Waals surface area contributed by atoms with Crippen molar-refractivity contribution in [3.63, 3.8) is 0 Å². The number of rotatable bonds is 7. The van der Waals surface area contributed by atoms with E-state index >= 15 is 0 Å². The van der Waals surface area contributed by atoms with E-state index in [9.17, 15) is 4.79 Å². The first-order chi connectivity index (χ1) is 9.60. The Morgan fingerprint density at radius 1 is 1.45 bits per heavy atom. The molecule has 1 aliphatic rings. The van der Waals surface area contributed by atoms with Gasteiger partial charge in [-0.2, -0.15) is 0 Å². The van der Waals surface area contributed by atoms with Gasteiger partial charge in [0.1, 0.15) is 0 Å². The number of methoxy groups -OCH3 is 1. The van der Waals surface area contributed by atoms with Crippen LogP contribution in [0.4, 0.5) is 5.69 Å². The fourth-order valence-corrected chi connectivity index (χ4v) is 2.50. The average Bonchev–Trinajstić information content (AvgIpc) is 3.22. The van der Waals surface area contributed by atoms with E-state index in [1.807, 2.05) is 18.2 Å². The summed E-state index contributed by atoms with van der Waals surface area (Å²) in [6.45, 7) is 4.42. The zero-order valence-electron chi connectivity index (χ0n) is 12.5. The monoisotopic (exact) mass is 276 g/mol. The lowest BCUT2D eigenvalue weighted by Crippen LogP contribution is -2.37. The molecule has 0 saturated heterocycles. The summed E-state index contributed by atoms with van der Waals surface area (Å²) >= 11 is 0. The van der Waals surface area contributed by atoms with E-state index in [1.165, 1.54) is 25.3 Å². The molecule has 0 heterocycles. The maximum Gasteiger partial charge on any atom is 0.221 e. The second-order valence-electron chi connectivity index (χ2n) is 5.59. The van der Waals surface area contributed by atoms with Gasteiger partial charge in [-0.15, -0.1) is 0 Å². The number of benzene rings is 1. The van der Waals surface area contributed by atoms with Crippen LogP contribution in [0.25, 0.3) is 0 Å². The Morgan fingerprint density at radius 3 is 2.80 bits per heavy atom. The summed E-state index contributed by atoms with van der Waals surface area (Å²) in [5, 5.41) is 6.46. The Labute approximate surface area is 120 Å². The molecule has 20 heavy (non-hydrogen) atoms. The Balaban J connectivity index is 2.00. The van der Waals surface area contributed by atoms with Crippen LogP contribution in [0.2, 0.25) is 0 Å². The zero-order chi connectivity index (χ0) is 14.5. The van der Waals surface area contributed by atoms with Gasteiger partial charge in [0.15, 0.2) is 0 Å². The first-order valence-electron chi connectivity index (χ1n) is 7.22. The molecule has 1 aromatic rings. The second kappa shape index (κ2) is 6.86. The molecule has 1 saturated carbocycles. The number of anilines is 1. The lowest BCUT2D eigenvalue weighted by Gasteiger charge is -2.23. The summed E-state index contributed by atoms with van der Waals surface area (Å²) < 4.78 is 5.30. The van der Waals surface area contributed by atoms with Gasteiger partial charge in [-0.3, -0.25) is 4.79 Å². The molecule has 0 aromatic heterocycles. The van der Waals surface area contributed by atoms with Crippen molar-refractivity contribution in [3.05, 3.63) is 29.8 Å². The van der Waals surface area contributed by atoms with Crippen molar-refractivity contribution < 1.29 is 9.53 Å². The molecule has 2 N–H and O–H groups in total. The van der Waals surface area contributed by atoms with Crippen LogP contribution in [-0.2, 0) is 9.53 Å². The summed E-state index contributed by atoms with van der Waals surface area (Å²) in [7, 11) is 1.75. The molecule has 2 unspecified atom stereocenters. The maximum atomic E-state index is 11.1. The minimum Gasteiger partial charge on any atom is -0.383 e. The predicted octanol–water partition coefficient (Wildman–Crippen LogP) is 2.72. The zero-order valence-corrected chi connectivity index (χ0v) is 12.5. The molecule has 1 amide bonds. The fourth-order valence-electron chi connectivity index (χ4n) is 2.50. The smallest absolute Gasteiger partial charge is 0.221 e. The van der Waals surface area contributed by atoms with Gasteiger partial charge in [-0.25, -0.2) is 0 Å². The molecule has 0 bridgehead atoms. The maximum absolute atomic E-state index is 11.1. The molecule has 1 aliphatic carbocycles. The Morgan fingerprint density at radius 2 is 2.20 bits per heavy atom. The van der Waals surface area contributed by atoms with Crippen LogP contribution in [-0.4, -0.2) is 25.7 Å². The standard InChI is InChI=1S/C16H24N2O2/c1-11(17-16(10-20-3)13-7-8-13)14-5-4-6-15(9-14)18-12(2)19/h4-6,9,11,13,16-17H,7-8,10H2,1-3H3,(H,18,19). The summed E-state index contributed by atoms with van der Waals surface area (Å²) in [5.41, 5.74) is 2.02. The molecule has 0 aliphatic heterocycles. The van der Waals surface area contributed by atoms with E-state index in [0.29, 0.717) is 6.04 Å². The van der Waals surface area contributed by atoms with Crippen molar-refractivity contribution in [1.29, 1.82) is 0 Å². The number of amides is 1. The molecule has 1 fully saturated rings. The predicted molar refractivity (Wildman–Crippen MR) is 80.7 cm³/mol. The van der Waals surface area contributed by atoms with Gasteiger partial charge in [0.25, 0.3) is 0 Å². The third-order valence-corrected chi connectivity index (χ3v) is 3.71. The van der Waals surface area contributed by atoms with Gasteiger partial charge in [0, 0.05) is 31.8 Å². The van der Waals surface area contributed by atoms with Crippen LogP contribution in [0.15, 0.2) is 24.3 Å². The second-order valence-corrected chi connectivity index (χ2v) is 5.59. The number of hydrogen-bond acceptors (Lipinski definition) is 3. The number of nitrogens with one attached hydrogen (secondary N) is 2. The molecule has 4 nitrogen and oxygen atoms in total. The highest BCUT2D eigenvalue weighted by Gasteiger charge is 2.31. The van der Waals surface area contributed by atoms with E-state index in [2.05, 4.69) is 23.6 Å². The summed E-state index contributed by atoms with van der Waals surface area (Å²) in [6, 6.07) is 8.64. The van der Waals surface area contributed by atoms with E-state index in [4.69, 9.17) is 4.74 Å². The van der Waals surface area contributed by atoms with Crippen molar-refractivity contribution in [2.24, 2.45) is 5.92 Å². The van der Waals surface area contributed by atoms with Crippen molar-refractivity contribution in [2.45, 2.75) is 38.8 Å². The molecule has 4 heteroatoms. The summed E-state index contributed by atoms with van der Waals surface area (Å²) in [6.07, 6.45) is 2.58. The minimum atomic E-state index is -0.0435. The van der Waals surface area contributed by atoms with Crippen LogP contribution in [0.5, 0.6) is 0 Å². The van der Waals surface area contributed by atoms with Gasteiger partial charge >= 0.3 is 0 Å². The summed E-state index contributed by atoms with van der Waals surface area (Å²) in [5.74, 6) is 0.703. The number of hydrogen-bond donors (Lipinski definition) is 2. The van der Waals surface area contributed by atoms with Gasteiger partial charge in [0.2, 0.25) is 5.91 Å². The lowest BCUT2D eigenvalue weighted by atomic mass is 10.1. The third kappa shape index (κ3) is 4.32. The van der Waals surface area contributed by atoms with E-state index in [-0.39, 0.29) is 11.9 Å². The highest BCUT2D eigenvalue weighted by Crippen LogP contribution is 2.34. The van der Waals surface area contributed by atoms with Crippen LogP contribution in [0, 0.1) is 5.92 Å². The van der Waals surface area contributed by atoms with Crippen LogP contribution in [0.1, 0.15) is 38.3 Å². The molecule has 0 spiro atoms. The number of ether oxygens (including phenoxy) is 1. The van der Waals surface area contributed by atoms with E-state index < -0.39 is 0 Å². The number of carbonyl (C=O) groups excluding carboxylic acids is 1. The normalized spacial score (nSPS) is 17.6. The van der Waals surface area contributed by atoms with Crippen molar-refractivity contribution >= 4 is 11.6 Å². The van der Waals surface area contributed by atoms with Crippen molar-refractivity contribution in [3.8, 4) is 0 Å². The SMILES string of the molecule is COCC(NC(C)c1cccc(NC(C)=O)c1)C1CC1. The fraction of sp³-hybridized carbons (Fsp3) is 0.562. The first-order valence-corrected chi connectivity index (χ1v) is 7.22. The van der Waals surface area contributed by atoms with E-state index in [1.54, 1.807) is 7.11 Å².